The SMILES string of the molecule is CCCc1cc(=O)[nH]c(N=C(N)Nc2cc(Cl)ccc2OC)n1. The van der Waals surface area contributed by atoms with Gasteiger partial charge in [-0.25, -0.2) is 4.98 Å². The summed E-state index contributed by atoms with van der Waals surface area (Å²) < 4.78 is 5.22. The molecule has 0 aliphatic heterocycles. The number of H-pyrrole nitrogens is 1. The Balaban J connectivity index is 2.27. The Bertz CT molecular complexity index is 773. The number of ether oxygens (including phenoxy) is 1. The number of guanidine groups is 1. The van der Waals surface area contributed by atoms with E-state index < -0.39 is 0 Å². The van der Waals surface area contributed by atoms with Gasteiger partial charge in [-0.1, -0.05) is 24.9 Å². The van der Waals surface area contributed by atoms with Crippen molar-refractivity contribution < 1.29 is 4.74 Å². The number of aromatic amines is 1. The first-order chi connectivity index (χ1) is 11.0. The maximum absolute atomic E-state index is 11.6. The van der Waals surface area contributed by atoms with Gasteiger partial charge in [0.25, 0.3) is 5.56 Å². The first kappa shape index (κ1) is 16.8. The van der Waals surface area contributed by atoms with Gasteiger partial charge in [-0.3, -0.25) is 9.78 Å². The lowest BCUT2D eigenvalue weighted by Gasteiger charge is -2.10. The van der Waals surface area contributed by atoms with E-state index in [1.165, 1.54) is 13.2 Å². The number of nitrogens with one attached hydrogen (secondary N) is 2. The molecule has 2 rings (SSSR count). The number of aryl methyl sites for hydroxylation is 1. The molecule has 7 nitrogen and oxygen atoms in total. The van der Waals surface area contributed by atoms with Crippen LogP contribution in [0.3, 0.4) is 0 Å². The summed E-state index contributed by atoms with van der Waals surface area (Å²) in [5.41, 5.74) is 6.83. The number of halogens is 1. The molecule has 0 spiro atoms. The largest absolute Gasteiger partial charge is 0.495 e. The van der Waals surface area contributed by atoms with Gasteiger partial charge in [-0.15, -0.1) is 0 Å². The van der Waals surface area contributed by atoms with E-state index in [9.17, 15) is 4.79 Å². The second-order valence-corrected chi connectivity index (χ2v) is 5.21. The summed E-state index contributed by atoms with van der Waals surface area (Å²) in [6, 6.07) is 6.52. The van der Waals surface area contributed by atoms with Crippen LogP contribution in [0.2, 0.25) is 5.02 Å². The molecule has 2 aromatic rings. The van der Waals surface area contributed by atoms with Gasteiger partial charge in [0.2, 0.25) is 11.9 Å². The lowest BCUT2D eigenvalue weighted by Crippen LogP contribution is -2.23. The summed E-state index contributed by atoms with van der Waals surface area (Å²) in [4.78, 5) is 22.5. The average molecular weight is 336 g/mol. The Morgan fingerprint density at radius 3 is 2.96 bits per heavy atom. The van der Waals surface area contributed by atoms with E-state index in [1.807, 2.05) is 6.92 Å². The predicted octanol–water partition coefficient (Wildman–Crippen LogP) is 2.44. The summed E-state index contributed by atoms with van der Waals surface area (Å²) in [6.45, 7) is 2.01. The number of hydrogen-bond donors (Lipinski definition) is 3. The van der Waals surface area contributed by atoms with Crippen molar-refractivity contribution in [1.82, 2.24) is 9.97 Å². The van der Waals surface area contributed by atoms with Gasteiger partial charge in [0.1, 0.15) is 5.75 Å². The summed E-state index contributed by atoms with van der Waals surface area (Å²) in [7, 11) is 1.54. The van der Waals surface area contributed by atoms with Crippen molar-refractivity contribution in [2.75, 3.05) is 12.4 Å². The maximum Gasteiger partial charge on any atom is 0.252 e. The van der Waals surface area contributed by atoms with Crippen LogP contribution in [0.25, 0.3) is 0 Å². The number of benzene rings is 1. The second kappa shape index (κ2) is 7.64. The van der Waals surface area contributed by atoms with Crippen LogP contribution >= 0.6 is 11.6 Å². The molecule has 1 aromatic heterocycles. The third-order valence-electron chi connectivity index (χ3n) is 2.94. The van der Waals surface area contributed by atoms with Crippen LogP contribution in [0.5, 0.6) is 5.75 Å². The van der Waals surface area contributed by atoms with Crippen LogP contribution < -0.4 is 21.3 Å². The lowest BCUT2D eigenvalue weighted by molar-refractivity contribution is 0.417. The third-order valence-corrected chi connectivity index (χ3v) is 3.17. The fraction of sp³-hybridized carbons (Fsp3) is 0.267. The number of anilines is 1. The Hall–Kier alpha value is -2.54. The molecule has 0 aliphatic rings. The fourth-order valence-electron chi connectivity index (χ4n) is 1.99. The molecule has 1 aromatic carbocycles. The van der Waals surface area contributed by atoms with Gasteiger partial charge < -0.3 is 15.8 Å². The minimum absolute atomic E-state index is 0.0577. The Morgan fingerprint density at radius 2 is 2.26 bits per heavy atom. The molecule has 0 radical (unpaired) electrons. The zero-order valence-electron chi connectivity index (χ0n) is 12.9. The molecule has 122 valence electrons. The van der Waals surface area contributed by atoms with Gasteiger partial charge in [0.15, 0.2) is 0 Å². The van der Waals surface area contributed by atoms with Gasteiger partial charge >= 0.3 is 0 Å². The molecule has 0 bridgehead atoms. The molecule has 1 heterocycles. The molecule has 0 atom stereocenters. The molecule has 23 heavy (non-hydrogen) atoms. The van der Waals surface area contributed by atoms with Gasteiger partial charge in [0.05, 0.1) is 12.8 Å². The standard InChI is InChI=1S/C15H18ClN5O2/c1-3-4-10-8-13(22)20-15(18-10)21-14(17)19-11-7-9(16)5-6-12(11)23-2/h5-8H,3-4H2,1-2H3,(H4,17,18,19,20,21,22). The van der Waals surface area contributed by atoms with Gasteiger partial charge in [0, 0.05) is 16.8 Å². The Labute approximate surface area is 138 Å². The van der Waals surface area contributed by atoms with Crippen molar-refractivity contribution in [2.45, 2.75) is 19.8 Å². The van der Waals surface area contributed by atoms with Crippen molar-refractivity contribution in [2.24, 2.45) is 10.7 Å². The van der Waals surface area contributed by atoms with Crippen LogP contribution in [0.15, 0.2) is 34.1 Å². The molecule has 0 saturated carbocycles. The summed E-state index contributed by atoms with van der Waals surface area (Å²) >= 11 is 5.96. The monoisotopic (exact) mass is 335 g/mol. The topological polar surface area (TPSA) is 105 Å². The summed E-state index contributed by atoms with van der Waals surface area (Å²) in [6.07, 6.45) is 1.58. The highest BCUT2D eigenvalue weighted by atomic mass is 35.5. The van der Waals surface area contributed by atoms with E-state index in [2.05, 4.69) is 20.3 Å². The van der Waals surface area contributed by atoms with Crippen LogP contribution in [0.1, 0.15) is 19.0 Å². The van der Waals surface area contributed by atoms with Crippen molar-refractivity contribution in [3.8, 4) is 5.75 Å². The molecular weight excluding hydrogens is 318 g/mol. The number of nitrogens with zero attached hydrogens (tertiary/aromatic N) is 2. The minimum Gasteiger partial charge on any atom is -0.495 e. The Kier molecular flexibility index (Phi) is 5.59. The van der Waals surface area contributed by atoms with E-state index in [4.69, 9.17) is 22.1 Å². The zero-order chi connectivity index (χ0) is 16.8. The van der Waals surface area contributed by atoms with Gasteiger partial charge in [-0.2, -0.15) is 4.99 Å². The first-order valence-corrected chi connectivity index (χ1v) is 7.44. The highest BCUT2D eigenvalue weighted by molar-refractivity contribution is 6.31. The van der Waals surface area contributed by atoms with Crippen LogP contribution in [-0.4, -0.2) is 23.0 Å². The first-order valence-electron chi connectivity index (χ1n) is 7.06. The fourth-order valence-corrected chi connectivity index (χ4v) is 2.16. The predicted molar refractivity (Wildman–Crippen MR) is 91.8 cm³/mol. The van der Waals surface area contributed by atoms with Crippen molar-refractivity contribution in [3.63, 3.8) is 0 Å². The molecule has 0 saturated heterocycles. The van der Waals surface area contributed by atoms with Crippen molar-refractivity contribution in [1.29, 1.82) is 0 Å². The molecule has 0 amide bonds. The minimum atomic E-state index is -0.268. The van der Waals surface area contributed by atoms with Crippen molar-refractivity contribution in [3.05, 3.63) is 45.3 Å². The zero-order valence-corrected chi connectivity index (χ0v) is 13.6. The number of aliphatic imine (C=N–C) groups is 1. The van der Waals surface area contributed by atoms with E-state index in [0.29, 0.717) is 28.6 Å². The molecular formula is C15H18ClN5O2. The van der Waals surface area contributed by atoms with Crippen LogP contribution in [0.4, 0.5) is 11.6 Å². The van der Waals surface area contributed by atoms with Crippen LogP contribution in [-0.2, 0) is 6.42 Å². The number of nitrogens with two attached hydrogens (primary N) is 1. The van der Waals surface area contributed by atoms with E-state index in [-0.39, 0.29) is 17.5 Å². The highest BCUT2D eigenvalue weighted by Crippen LogP contribution is 2.27. The molecule has 8 heteroatoms. The summed E-state index contributed by atoms with van der Waals surface area (Å²) in [5.74, 6) is 0.767. The number of aromatic nitrogens is 2. The normalized spacial score (nSPS) is 11.3. The van der Waals surface area contributed by atoms with E-state index >= 15 is 0 Å². The number of rotatable bonds is 5. The maximum atomic E-state index is 11.6. The molecule has 0 aliphatic carbocycles. The summed E-state index contributed by atoms with van der Waals surface area (Å²) in [5, 5.41) is 3.40. The smallest absolute Gasteiger partial charge is 0.252 e. The van der Waals surface area contributed by atoms with Crippen molar-refractivity contribution >= 4 is 29.2 Å². The van der Waals surface area contributed by atoms with E-state index in [0.717, 1.165) is 6.42 Å². The number of methoxy groups -OCH3 is 1. The molecule has 0 unspecified atom stereocenters. The highest BCUT2D eigenvalue weighted by Gasteiger charge is 2.06. The third kappa shape index (κ3) is 4.72. The average Bonchev–Trinajstić information content (AvgIpc) is 2.47. The lowest BCUT2D eigenvalue weighted by atomic mass is 10.2. The quantitative estimate of drug-likeness (QED) is 0.575. The van der Waals surface area contributed by atoms with Crippen LogP contribution in [0, 0.1) is 0 Å². The molecule has 0 fully saturated rings. The Morgan fingerprint density at radius 1 is 1.48 bits per heavy atom. The number of hydrogen-bond acceptors (Lipinski definition) is 4. The van der Waals surface area contributed by atoms with Gasteiger partial charge in [-0.05, 0) is 24.6 Å². The second-order valence-electron chi connectivity index (χ2n) is 4.78. The molecule has 4 N–H and O–H groups in total. The van der Waals surface area contributed by atoms with E-state index in [1.54, 1.807) is 18.2 Å².